The molecule has 0 saturated carbocycles. The Morgan fingerprint density at radius 2 is 1.73 bits per heavy atom. The van der Waals surface area contributed by atoms with Crippen molar-refractivity contribution < 1.29 is 13.2 Å². The highest BCUT2D eigenvalue weighted by molar-refractivity contribution is 7.92. The van der Waals surface area contributed by atoms with Crippen molar-refractivity contribution in [2.45, 2.75) is 27.7 Å². The minimum atomic E-state index is -3.67. The molecule has 0 saturated heterocycles. The molecule has 0 bridgehead atoms. The zero-order valence-corrected chi connectivity index (χ0v) is 20.8. The van der Waals surface area contributed by atoms with E-state index in [1.807, 2.05) is 80.8 Å². The van der Waals surface area contributed by atoms with Crippen LogP contribution in [-0.2, 0) is 14.8 Å². The first kappa shape index (κ1) is 24.5. The molecule has 0 fully saturated rings. The second-order valence-electron chi connectivity index (χ2n) is 7.92. The van der Waals surface area contributed by atoms with E-state index in [4.69, 9.17) is 11.6 Å². The van der Waals surface area contributed by atoms with Crippen molar-refractivity contribution >= 4 is 39.4 Å². The second kappa shape index (κ2) is 9.80. The topological polar surface area (TPSA) is 83.8 Å². The zero-order valence-electron chi connectivity index (χ0n) is 19.3. The molecule has 2 aromatic carbocycles. The Bertz CT molecular complexity index is 1310. The summed E-state index contributed by atoms with van der Waals surface area (Å²) in [5.74, 6) is -0.542. The first-order chi connectivity index (χ1) is 15.5. The fourth-order valence-electron chi connectivity index (χ4n) is 3.82. The average molecular weight is 487 g/mol. The summed E-state index contributed by atoms with van der Waals surface area (Å²) >= 11 is 6.35. The molecule has 0 atom stereocenters. The molecule has 1 amide bonds. The fraction of sp³-hybridized carbons (Fsp3) is 0.250. The van der Waals surface area contributed by atoms with E-state index in [-0.39, 0.29) is 6.54 Å². The molecule has 0 aliphatic rings. The Labute approximate surface area is 199 Å². The summed E-state index contributed by atoms with van der Waals surface area (Å²) < 4.78 is 27.9. The number of nitrogens with one attached hydrogen (secondary N) is 1. The Morgan fingerprint density at radius 1 is 1.09 bits per heavy atom. The maximum absolute atomic E-state index is 12.6. The summed E-state index contributed by atoms with van der Waals surface area (Å²) in [5, 5.41) is 4.68. The van der Waals surface area contributed by atoms with Gasteiger partial charge in [-0.15, -0.1) is 0 Å². The number of hydrogen-bond acceptors (Lipinski definition) is 4. The summed E-state index contributed by atoms with van der Waals surface area (Å²) in [7, 11) is -3.67. The van der Waals surface area contributed by atoms with E-state index < -0.39 is 15.9 Å². The summed E-state index contributed by atoms with van der Waals surface area (Å²) in [6.07, 6.45) is 2.62. The highest BCUT2D eigenvalue weighted by Gasteiger charge is 2.23. The van der Waals surface area contributed by atoms with Crippen molar-refractivity contribution in [2.75, 3.05) is 17.1 Å². The molecule has 7 nitrogen and oxygen atoms in total. The number of amides is 1. The number of para-hydroxylation sites is 2. The lowest BCUT2D eigenvalue weighted by Gasteiger charge is -2.25. The zero-order chi connectivity index (χ0) is 24.3. The minimum absolute atomic E-state index is 0.374. The van der Waals surface area contributed by atoms with Crippen molar-refractivity contribution in [3.63, 3.8) is 0 Å². The number of benzene rings is 2. The average Bonchev–Trinajstić information content (AvgIpc) is 3.00. The number of halogens is 1. The van der Waals surface area contributed by atoms with E-state index >= 15 is 0 Å². The molecule has 0 spiro atoms. The molecule has 1 aromatic heterocycles. The molecular weight excluding hydrogens is 460 g/mol. The predicted molar refractivity (Wildman–Crippen MR) is 134 cm³/mol. The van der Waals surface area contributed by atoms with Gasteiger partial charge in [-0.05, 0) is 57.0 Å². The highest BCUT2D eigenvalue weighted by Crippen LogP contribution is 2.27. The first-order valence-electron chi connectivity index (χ1n) is 10.3. The van der Waals surface area contributed by atoms with Crippen LogP contribution in [0.15, 0.2) is 53.6 Å². The predicted octanol–water partition coefficient (Wildman–Crippen LogP) is 4.28. The molecule has 1 heterocycles. The van der Waals surface area contributed by atoms with Crippen molar-refractivity contribution in [1.82, 2.24) is 9.99 Å². The van der Waals surface area contributed by atoms with Crippen LogP contribution in [0.25, 0.3) is 5.69 Å². The lowest BCUT2D eigenvalue weighted by atomic mass is 10.1. The molecule has 33 heavy (non-hydrogen) atoms. The van der Waals surface area contributed by atoms with Crippen LogP contribution in [0.2, 0.25) is 5.02 Å². The summed E-state index contributed by atoms with van der Waals surface area (Å²) in [6, 6.07) is 14.9. The van der Waals surface area contributed by atoms with E-state index in [1.165, 1.54) is 6.21 Å². The second-order valence-corrected chi connectivity index (χ2v) is 10.2. The van der Waals surface area contributed by atoms with Crippen LogP contribution in [0.4, 0.5) is 5.69 Å². The summed E-state index contributed by atoms with van der Waals surface area (Å²) in [6.45, 7) is 7.14. The molecule has 0 aliphatic carbocycles. The van der Waals surface area contributed by atoms with Crippen LogP contribution in [0.5, 0.6) is 0 Å². The Morgan fingerprint density at radius 3 is 2.33 bits per heavy atom. The SMILES string of the molecule is Cc1cccc(C)c1N(CC(=O)N/N=C/c1cc(C)n(-c2ccccc2Cl)c1C)S(C)(=O)=O. The molecule has 0 aliphatic heterocycles. The van der Waals surface area contributed by atoms with Gasteiger partial charge in [0.15, 0.2) is 0 Å². The molecule has 3 rings (SSSR count). The van der Waals surface area contributed by atoms with Crippen molar-refractivity contribution in [3.8, 4) is 5.69 Å². The van der Waals surface area contributed by atoms with Gasteiger partial charge >= 0.3 is 0 Å². The van der Waals surface area contributed by atoms with Gasteiger partial charge in [-0.3, -0.25) is 9.10 Å². The molecule has 9 heteroatoms. The van der Waals surface area contributed by atoms with E-state index in [2.05, 4.69) is 10.5 Å². The smallest absolute Gasteiger partial charge is 0.260 e. The molecule has 0 unspecified atom stereocenters. The van der Waals surface area contributed by atoms with Crippen LogP contribution in [0, 0.1) is 27.7 Å². The molecule has 3 aromatic rings. The van der Waals surface area contributed by atoms with E-state index in [0.717, 1.165) is 44.3 Å². The third kappa shape index (κ3) is 5.46. The van der Waals surface area contributed by atoms with Crippen LogP contribution >= 0.6 is 11.6 Å². The first-order valence-corrected chi connectivity index (χ1v) is 12.5. The number of aryl methyl sites for hydroxylation is 3. The Kier molecular flexibility index (Phi) is 7.29. The monoisotopic (exact) mass is 486 g/mol. The van der Waals surface area contributed by atoms with Gasteiger partial charge in [0.2, 0.25) is 10.0 Å². The third-order valence-corrected chi connectivity index (χ3v) is 6.76. The largest absolute Gasteiger partial charge is 0.316 e. The number of sulfonamides is 1. The number of hydrogen-bond donors (Lipinski definition) is 1. The lowest BCUT2D eigenvalue weighted by molar-refractivity contribution is -0.119. The van der Waals surface area contributed by atoms with Crippen LogP contribution in [-0.4, -0.2) is 37.9 Å². The van der Waals surface area contributed by atoms with Gasteiger partial charge in [-0.25, -0.2) is 13.8 Å². The molecule has 0 radical (unpaired) electrons. The third-order valence-electron chi connectivity index (χ3n) is 5.33. The van der Waals surface area contributed by atoms with E-state index in [9.17, 15) is 13.2 Å². The van der Waals surface area contributed by atoms with Gasteiger partial charge < -0.3 is 4.57 Å². The van der Waals surface area contributed by atoms with Gasteiger partial charge in [0.1, 0.15) is 6.54 Å². The number of nitrogens with zero attached hydrogens (tertiary/aromatic N) is 3. The van der Waals surface area contributed by atoms with Crippen LogP contribution in [0.3, 0.4) is 0 Å². The number of rotatable bonds is 7. The summed E-state index contributed by atoms with van der Waals surface area (Å²) in [5.41, 5.74) is 8.01. The fourth-order valence-corrected chi connectivity index (χ4v) is 5.01. The van der Waals surface area contributed by atoms with Gasteiger partial charge in [0.25, 0.3) is 5.91 Å². The van der Waals surface area contributed by atoms with Crippen molar-refractivity contribution in [3.05, 3.63) is 81.6 Å². The highest BCUT2D eigenvalue weighted by atomic mass is 35.5. The van der Waals surface area contributed by atoms with E-state index in [1.54, 1.807) is 0 Å². The Hall–Kier alpha value is -3.10. The van der Waals surface area contributed by atoms with Crippen molar-refractivity contribution in [2.24, 2.45) is 5.10 Å². The van der Waals surface area contributed by atoms with E-state index in [0.29, 0.717) is 10.7 Å². The lowest BCUT2D eigenvalue weighted by Crippen LogP contribution is -2.39. The summed E-state index contributed by atoms with van der Waals surface area (Å²) in [4.78, 5) is 12.6. The maximum atomic E-state index is 12.6. The number of hydrazone groups is 1. The quantitative estimate of drug-likeness (QED) is 0.399. The van der Waals surface area contributed by atoms with Crippen LogP contribution < -0.4 is 9.73 Å². The van der Waals surface area contributed by atoms with Gasteiger partial charge in [0.05, 0.1) is 28.9 Å². The number of carbonyl (C=O) groups excluding carboxylic acids is 1. The molecule has 174 valence electrons. The minimum Gasteiger partial charge on any atom is -0.316 e. The molecular formula is C24H27ClN4O3S. The normalized spacial score (nSPS) is 11.7. The molecule has 1 N–H and O–H groups in total. The number of carbonyl (C=O) groups is 1. The Balaban J connectivity index is 1.79. The van der Waals surface area contributed by atoms with Gasteiger partial charge in [0, 0.05) is 17.0 Å². The van der Waals surface area contributed by atoms with Crippen molar-refractivity contribution in [1.29, 1.82) is 0 Å². The van der Waals surface area contributed by atoms with Gasteiger partial charge in [-0.1, -0.05) is 41.9 Å². The number of anilines is 1. The van der Waals surface area contributed by atoms with Gasteiger partial charge in [-0.2, -0.15) is 5.10 Å². The van der Waals surface area contributed by atoms with Crippen LogP contribution in [0.1, 0.15) is 28.1 Å². The maximum Gasteiger partial charge on any atom is 0.260 e. The standard InChI is InChI=1S/C24H27ClN4O3S/c1-16-9-8-10-17(2)24(16)28(33(5,31)32)15-23(30)27-26-14-20-13-18(3)29(19(20)4)22-12-7-6-11-21(22)25/h6-14H,15H2,1-5H3,(H,27,30)/b26-14+. The number of aromatic nitrogens is 1.